The Kier molecular flexibility index (Phi) is 3.34. The lowest BCUT2D eigenvalue weighted by Gasteiger charge is -2.35. The second kappa shape index (κ2) is 4.74. The first-order chi connectivity index (χ1) is 7.70. The number of hydrogen-bond donors (Lipinski definition) is 1. The number of nitrogens with two attached hydrogens (primary N) is 1. The van der Waals surface area contributed by atoms with Crippen LogP contribution in [-0.4, -0.2) is 25.8 Å². The summed E-state index contributed by atoms with van der Waals surface area (Å²) in [6.45, 7) is 7.04. The van der Waals surface area contributed by atoms with Gasteiger partial charge in [-0.1, -0.05) is 13.0 Å². The van der Waals surface area contributed by atoms with Crippen molar-refractivity contribution in [2.75, 3.05) is 30.3 Å². The minimum Gasteiger partial charge on any atom is -0.399 e. The van der Waals surface area contributed by atoms with Crippen LogP contribution in [0.4, 0.5) is 11.4 Å². The third-order valence-electron chi connectivity index (χ3n) is 3.17. The van der Waals surface area contributed by atoms with E-state index in [4.69, 9.17) is 10.5 Å². The standard InChI is InChI=1S/C13H20N2O/c1-3-12-9-15(6-7-16-12)13-8-11(14)5-4-10(13)2/h4-5,8,12H,3,6-7,9,14H2,1-2H3. The van der Waals surface area contributed by atoms with Gasteiger partial charge in [0.05, 0.1) is 12.7 Å². The highest BCUT2D eigenvalue weighted by Crippen LogP contribution is 2.25. The van der Waals surface area contributed by atoms with Crippen LogP contribution in [0.15, 0.2) is 18.2 Å². The van der Waals surface area contributed by atoms with Crippen LogP contribution >= 0.6 is 0 Å². The molecule has 1 aliphatic rings. The molecule has 0 saturated carbocycles. The largest absolute Gasteiger partial charge is 0.399 e. The molecule has 0 amide bonds. The molecule has 16 heavy (non-hydrogen) atoms. The van der Waals surface area contributed by atoms with E-state index in [0.29, 0.717) is 6.10 Å². The normalized spacial score (nSPS) is 21.1. The predicted octanol–water partition coefficient (Wildman–Crippen LogP) is 2.19. The summed E-state index contributed by atoms with van der Waals surface area (Å²) in [6.07, 6.45) is 1.42. The summed E-state index contributed by atoms with van der Waals surface area (Å²) < 4.78 is 5.68. The van der Waals surface area contributed by atoms with Gasteiger partial charge in [0, 0.05) is 24.5 Å². The topological polar surface area (TPSA) is 38.5 Å². The summed E-state index contributed by atoms with van der Waals surface area (Å²) in [6, 6.07) is 6.10. The van der Waals surface area contributed by atoms with Crippen molar-refractivity contribution in [1.82, 2.24) is 0 Å². The smallest absolute Gasteiger partial charge is 0.0748 e. The molecule has 0 radical (unpaired) electrons. The zero-order chi connectivity index (χ0) is 11.5. The second-order valence-corrected chi connectivity index (χ2v) is 4.39. The van der Waals surface area contributed by atoms with Gasteiger partial charge in [0.2, 0.25) is 0 Å². The lowest BCUT2D eigenvalue weighted by Crippen LogP contribution is -2.42. The van der Waals surface area contributed by atoms with Crippen LogP contribution in [0.25, 0.3) is 0 Å². The predicted molar refractivity (Wildman–Crippen MR) is 67.8 cm³/mol. The van der Waals surface area contributed by atoms with Gasteiger partial charge in [0.1, 0.15) is 0 Å². The van der Waals surface area contributed by atoms with Gasteiger partial charge in [0.25, 0.3) is 0 Å². The fourth-order valence-corrected chi connectivity index (χ4v) is 2.15. The van der Waals surface area contributed by atoms with E-state index in [0.717, 1.165) is 31.8 Å². The average Bonchev–Trinajstić information content (AvgIpc) is 2.32. The summed E-state index contributed by atoms with van der Waals surface area (Å²) in [5.41, 5.74) is 9.21. The van der Waals surface area contributed by atoms with Crippen molar-refractivity contribution in [2.24, 2.45) is 0 Å². The van der Waals surface area contributed by atoms with Crippen LogP contribution in [0.1, 0.15) is 18.9 Å². The molecule has 0 bridgehead atoms. The summed E-state index contributed by atoms with van der Waals surface area (Å²) >= 11 is 0. The monoisotopic (exact) mass is 220 g/mol. The Morgan fingerprint density at radius 1 is 1.50 bits per heavy atom. The van der Waals surface area contributed by atoms with Crippen molar-refractivity contribution in [3.63, 3.8) is 0 Å². The molecule has 2 rings (SSSR count). The minimum absolute atomic E-state index is 0.356. The van der Waals surface area contributed by atoms with Crippen molar-refractivity contribution in [2.45, 2.75) is 26.4 Å². The van der Waals surface area contributed by atoms with Crippen molar-refractivity contribution >= 4 is 11.4 Å². The van der Waals surface area contributed by atoms with Crippen molar-refractivity contribution in [3.05, 3.63) is 23.8 Å². The molecule has 1 aromatic carbocycles. The summed E-state index contributed by atoms with van der Waals surface area (Å²) in [5.74, 6) is 0. The molecule has 0 aromatic heterocycles. The first-order valence-corrected chi connectivity index (χ1v) is 5.93. The van der Waals surface area contributed by atoms with Gasteiger partial charge in [-0.15, -0.1) is 0 Å². The highest BCUT2D eigenvalue weighted by atomic mass is 16.5. The van der Waals surface area contributed by atoms with Crippen LogP contribution in [0.2, 0.25) is 0 Å². The van der Waals surface area contributed by atoms with E-state index in [2.05, 4.69) is 30.9 Å². The number of nitrogen functional groups attached to an aromatic ring is 1. The maximum Gasteiger partial charge on any atom is 0.0748 e. The number of ether oxygens (including phenoxy) is 1. The lowest BCUT2D eigenvalue weighted by molar-refractivity contribution is 0.0384. The van der Waals surface area contributed by atoms with E-state index < -0.39 is 0 Å². The maximum absolute atomic E-state index is 5.84. The van der Waals surface area contributed by atoms with Gasteiger partial charge in [-0.05, 0) is 31.0 Å². The van der Waals surface area contributed by atoms with Gasteiger partial charge in [-0.3, -0.25) is 0 Å². The molecule has 1 heterocycles. The molecule has 1 atom stereocenters. The average molecular weight is 220 g/mol. The molecule has 1 aromatic rings. The molecule has 0 spiro atoms. The van der Waals surface area contributed by atoms with Crippen LogP contribution in [0, 0.1) is 6.92 Å². The van der Waals surface area contributed by atoms with Gasteiger partial charge in [-0.25, -0.2) is 0 Å². The van der Waals surface area contributed by atoms with E-state index in [1.165, 1.54) is 11.3 Å². The van der Waals surface area contributed by atoms with E-state index >= 15 is 0 Å². The van der Waals surface area contributed by atoms with E-state index in [-0.39, 0.29) is 0 Å². The van der Waals surface area contributed by atoms with Gasteiger partial charge in [0.15, 0.2) is 0 Å². The van der Waals surface area contributed by atoms with Crippen molar-refractivity contribution in [3.8, 4) is 0 Å². The van der Waals surface area contributed by atoms with Crippen LogP contribution in [0.3, 0.4) is 0 Å². The third kappa shape index (κ3) is 2.30. The maximum atomic E-state index is 5.84. The molecule has 2 N–H and O–H groups in total. The molecule has 0 aliphatic carbocycles. The molecule has 1 fully saturated rings. The molecular weight excluding hydrogens is 200 g/mol. The highest BCUT2D eigenvalue weighted by molar-refractivity contribution is 5.61. The van der Waals surface area contributed by atoms with Crippen molar-refractivity contribution < 1.29 is 4.74 Å². The number of anilines is 2. The Labute approximate surface area is 97.2 Å². The van der Waals surface area contributed by atoms with E-state index in [1.807, 2.05) is 6.07 Å². The number of morpholine rings is 1. The molecule has 3 nitrogen and oxygen atoms in total. The Hall–Kier alpha value is -1.22. The number of benzene rings is 1. The summed E-state index contributed by atoms with van der Waals surface area (Å²) in [5, 5.41) is 0. The molecular formula is C13H20N2O. The van der Waals surface area contributed by atoms with Crippen LogP contribution < -0.4 is 10.6 Å². The minimum atomic E-state index is 0.356. The fourth-order valence-electron chi connectivity index (χ4n) is 2.15. The quantitative estimate of drug-likeness (QED) is 0.776. The zero-order valence-corrected chi connectivity index (χ0v) is 10.1. The van der Waals surface area contributed by atoms with Gasteiger partial charge in [-0.2, -0.15) is 0 Å². The summed E-state index contributed by atoms with van der Waals surface area (Å²) in [4.78, 5) is 2.38. The Morgan fingerprint density at radius 3 is 3.06 bits per heavy atom. The Balaban J connectivity index is 2.19. The number of aryl methyl sites for hydroxylation is 1. The molecule has 1 aliphatic heterocycles. The lowest BCUT2D eigenvalue weighted by atomic mass is 10.1. The fraction of sp³-hybridized carbons (Fsp3) is 0.538. The van der Waals surface area contributed by atoms with Crippen LogP contribution in [-0.2, 0) is 4.74 Å². The number of nitrogens with zero attached hydrogens (tertiary/aromatic N) is 1. The zero-order valence-electron chi connectivity index (χ0n) is 10.1. The third-order valence-corrected chi connectivity index (χ3v) is 3.17. The number of rotatable bonds is 2. The van der Waals surface area contributed by atoms with Crippen molar-refractivity contribution in [1.29, 1.82) is 0 Å². The molecule has 1 unspecified atom stereocenters. The van der Waals surface area contributed by atoms with Gasteiger partial charge >= 0.3 is 0 Å². The van der Waals surface area contributed by atoms with Gasteiger partial charge < -0.3 is 15.4 Å². The first-order valence-electron chi connectivity index (χ1n) is 5.93. The molecule has 88 valence electrons. The first kappa shape index (κ1) is 11.3. The highest BCUT2D eigenvalue weighted by Gasteiger charge is 2.20. The van der Waals surface area contributed by atoms with Crippen LogP contribution in [0.5, 0.6) is 0 Å². The molecule has 3 heteroatoms. The second-order valence-electron chi connectivity index (χ2n) is 4.39. The van der Waals surface area contributed by atoms with E-state index in [1.54, 1.807) is 0 Å². The summed E-state index contributed by atoms with van der Waals surface area (Å²) in [7, 11) is 0. The Morgan fingerprint density at radius 2 is 2.31 bits per heavy atom. The van der Waals surface area contributed by atoms with E-state index in [9.17, 15) is 0 Å². The number of hydrogen-bond acceptors (Lipinski definition) is 3. The Bertz CT molecular complexity index is 365. The molecule has 1 saturated heterocycles. The SMILES string of the molecule is CCC1CN(c2cc(N)ccc2C)CCO1.